The normalized spacial score (nSPS) is 12.2. The first kappa shape index (κ1) is 12.5. The number of nitrogens with one attached hydrogen (secondary N) is 1. The Morgan fingerprint density at radius 1 is 1.39 bits per heavy atom. The van der Waals surface area contributed by atoms with Crippen molar-refractivity contribution in [2.45, 2.75) is 19.4 Å². The Bertz CT molecular complexity index is 497. The largest absolute Gasteiger partial charge is 0.497 e. The molecule has 1 atom stereocenters. The Morgan fingerprint density at radius 3 is 2.89 bits per heavy atom. The maximum Gasteiger partial charge on any atom is 0.128 e. The summed E-state index contributed by atoms with van der Waals surface area (Å²) in [4.78, 5) is 0. The number of benzene rings is 1. The van der Waals surface area contributed by atoms with E-state index in [4.69, 9.17) is 9.15 Å². The van der Waals surface area contributed by atoms with Gasteiger partial charge in [-0.25, -0.2) is 4.39 Å². The van der Waals surface area contributed by atoms with Crippen molar-refractivity contribution in [2.75, 3.05) is 12.4 Å². The first-order valence-corrected chi connectivity index (χ1v) is 5.81. The van der Waals surface area contributed by atoms with Gasteiger partial charge in [0.15, 0.2) is 0 Å². The molecule has 2 aromatic rings. The zero-order valence-electron chi connectivity index (χ0n) is 10.4. The van der Waals surface area contributed by atoms with Crippen LogP contribution in [-0.2, 0) is 6.42 Å². The van der Waals surface area contributed by atoms with E-state index >= 15 is 0 Å². The molecule has 0 fully saturated rings. The molecule has 0 saturated carbocycles. The molecule has 1 N–H and O–H groups in total. The number of halogens is 1. The number of rotatable bonds is 5. The summed E-state index contributed by atoms with van der Waals surface area (Å²) in [6.45, 7) is 2.01. The van der Waals surface area contributed by atoms with Crippen LogP contribution in [0.25, 0.3) is 0 Å². The third-order valence-electron chi connectivity index (χ3n) is 2.61. The van der Waals surface area contributed by atoms with Gasteiger partial charge in [-0.1, -0.05) is 0 Å². The smallest absolute Gasteiger partial charge is 0.128 e. The van der Waals surface area contributed by atoms with Crippen LogP contribution in [0.2, 0.25) is 0 Å². The Labute approximate surface area is 106 Å². The van der Waals surface area contributed by atoms with E-state index in [1.165, 1.54) is 19.2 Å². The van der Waals surface area contributed by atoms with Gasteiger partial charge in [0, 0.05) is 30.3 Å². The van der Waals surface area contributed by atoms with Crippen LogP contribution in [0, 0.1) is 5.82 Å². The lowest BCUT2D eigenvalue weighted by Crippen LogP contribution is -2.17. The summed E-state index contributed by atoms with van der Waals surface area (Å²) >= 11 is 0. The summed E-state index contributed by atoms with van der Waals surface area (Å²) in [6, 6.07) is 8.48. The average molecular weight is 249 g/mol. The minimum atomic E-state index is -0.318. The van der Waals surface area contributed by atoms with Crippen molar-refractivity contribution in [3.05, 3.63) is 48.2 Å². The van der Waals surface area contributed by atoms with Crippen LogP contribution in [0.1, 0.15) is 12.7 Å². The van der Waals surface area contributed by atoms with Crippen LogP contribution in [0.5, 0.6) is 5.75 Å². The number of anilines is 1. The van der Waals surface area contributed by atoms with Crippen LogP contribution >= 0.6 is 0 Å². The highest BCUT2D eigenvalue weighted by molar-refractivity contribution is 5.49. The van der Waals surface area contributed by atoms with E-state index in [9.17, 15) is 4.39 Å². The molecule has 0 aliphatic rings. The SMILES string of the molecule is COc1cc(F)cc(NC(C)Cc2ccco2)c1. The van der Waals surface area contributed by atoms with E-state index in [-0.39, 0.29) is 11.9 Å². The van der Waals surface area contributed by atoms with E-state index in [0.717, 1.165) is 12.2 Å². The minimum absolute atomic E-state index is 0.141. The number of hydrogen-bond donors (Lipinski definition) is 1. The minimum Gasteiger partial charge on any atom is -0.497 e. The Morgan fingerprint density at radius 2 is 2.22 bits per heavy atom. The maximum atomic E-state index is 13.3. The Hall–Kier alpha value is -1.97. The summed E-state index contributed by atoms with van der Waals surface area (Å²) < 4.78 is 23.6. The molecule has 0 radical (unpaired) electrons. The Kier molecular flexibility index (Phi) is 3.87. The van der Waals surface area contributed by atoms with E-state index in [0.29, 0.717) is 11.4 Å². The number of methoxy groups -OCH3 is 1. The first-order chi connectivity index (χ1) is 8.67. The van der Waals surface area contributed by atoms with Crippen molar-refractivity contribution in [3.63, 3.8) is 0 Å². The third-order valence-corrected chi connectivity index (χ3v) is 2.61. The second-order valence-electron chi connectivity index (χ2n) is 4.21. The molecule has 0 amide bonds. The van der Waals surface area contributed by atoms with Gasteiger partial charge in [-0.05, 0) is 25.1 Å². The number of ether oxygens (including phenoxy) is 1. The summed E-state index contributed by atoms with van der Waals surface area (Å²) in [5.41, 5.74) is 0.700. The molecule has 0 saturated heterocycles. The van der Waals surface area contributed by atoms with Crippen LogP contribution in [0.3, 0.4) is 0 Å². The summed E-state index contributed by atoms with van der Waals surface area (Å²) in [7, 11) is 1.52. The second kappa shape index (κ2) is 5.58. The van der Waals surface area contributed by atoms with Gasteiger partial charge >= 0.3 is 0 Å². The van der Waals surface area contributed by atoms with Gasteiger partial charge in [0.05, 0.1) is 13.4 Å². The van der Waals surface area contributed by atoms with Crippen molar-refractivity contribution in [3.8, 4) is 5.75 Å². The molecule has 0 aliphatic carbocycles. The molecular formula is C14H16FNO2. The lowest BCUT2D eigenvalue weighted by molar-refractivity contribution is 0.411. The van der Waals surface area contributed by atoms with Crippen molar-refractivity contribution in [1.29, 1.82) is 0 Å². The van der Waals surface area contributed by atoms with E-state index < -0.39 is 0 Å². The van der Waals surface area contributed by atoms with Gasteiger partial charge in [-0.15, -0.1) is 0 Å². The van der Waals surface area contributed by atoms with E-state index in [1.54, 1.807) is 12.3 Å². The van der Waals surface area contributed by atoms with Gasteiger partial charge in [0.1, 0.15) is 17.3 Å². The summed E-state index contributed by atoms with van der Waals surface area (Å²) in [5.74, 6) is 1.09. The van der Waals surface area contributed by atoms with Crippen LogP contribution < -0.4 is 10.1 Å². The quantitative estimate of drug-likeness (QED) is 0.881. The molecule has 0 bridgehead atoms. The van der Waals surface area contributed by atoms with E-state index in [2.05, 4.69) is 5.32 Å². The molecule has 1 aromatic carbocycles. The van der Waals surface area contributed by atoms with E-state index in [1.807, 2.05) is 19.1 Å². The third kappa shape index (κ3) is 3.26. The lowest BCUT2D eigenvalue weighted by Gasteiger charge is -2.14. The van der Waals surface area contributed by atoms with Gasteiger partial charge < -0.3 is 14.5 Å². The molecule has 4 heteroatoms. The molecule has 18 heavy (non-hydrogen) atoms. The van der Waals surface area contributed by atoms with Crippen molar-refractivity contribution in [1.82, 2.24) is 0 Å². The second-order valence-corrected chi connectivity index (χ2v) is 4.21. The van der Waals surface area contributed by atoms with Crippen molar-refractivity contribution < 1.29 is 13.5 Å². The molecule has 0 spiro atoms. The molecule has 1 heterocycles. The predicted molar refractivity (Wildman–Crippen MR) is 68.4 cm³/mol. The highest BCUT2D eigenvalue weighted by Crippen LogP contribution is 2.21. The highest BCUT2D eigenvalue weighted by Gasteiger charge is 2.07. The summed E-state index contributed by atoms with van der Waals surface area (Å²) in [5, 5.41) is 3.22. The van der Waals surface area contributed by atoms with Crippen molar-refractivity contribution >= 4 is 5.69 Å². The number of furan rings is 1. The molecule has 0 aliphatic heterocycles. The fraction of sp³-hybridized carbons (Fsp3) is 0.286. The zero-order valence-corrected chi connectivity index (χ0v) is 10.4. The van der Waals surface area contributed by atoms with Gasteiger partial charge in [-0.2, -0.15) is 0 Å². The molecule has 1 aromatic heterocycles. The van der Waals surface area contributed by atoms with Gasteiger partial charge in [0.25, 0.3) is 0 Å². The van der Waals surface area contributed by atoms with Crippen molar-refractivity contribution in [2.24, 2.45) is 0 Å². The first-order valence-electron chi connectivity index (χ1n) is 5.81. The lowest BCUT2D eigenvalue weighted by atomic mass is 10.2. The topological polar surface area (TPSA) is 34.4 Å². The summed E-state index contributed by atoms with van der Waals surface area (Å²) in [6.07, 6.45) is 2.39. The zero-order chi connectivity index (χ0) is 13.0. The highest BCUT2D eigenvalue weighted by atomic mass is 19.1. The molecule has 3 nitrogen and oxygen atoms in total. The molecule has 1 unspecified atom stereocenters. The van der Waals surface area contributed by atoms with Gasteiger partial charge in [-0.3, -0.25) is 0 Å². The Balaban J connectivity index is 2.02. The monoisotopic (exact) mass is 249 g/mol. The average Bonchev–Trinajstić information content (AvgIpc) is 2.80. The fourth-order valence-electron chi connectivity index (χ4n) is 1.83. The van der Waals surface area contributed by atoms with Crippen LogP contribution in [0.4, 0.5) is 10.1 Å². The molecule has 2 rings (SSSR count). The van der Waals surface area contributed by atoms with Crippen LogP contribution in [-0.4, -0.2) is 13.2 Å². The predicted octanol–water partition coefficient (Wildman–Crippen LogP) is 3.47. The van der Waals surface area contributed by atoms with Crippen LogP contribution in [0.15, 0.2) is 41.0 Å². The van der Waals surface area contributed by atoms with Gasteiger partial charge in [0.2, 0.25) is 0 Å². The number of hydrogen-bond acceptors (Lipinski definition) is 3. The maximum absolute atomic E-state index is 13.3. The molecule has 96 valence electrons. The molecular weight excluding hydrogens is 233 g/mol. The standard InChI is InChI=1S/C14H16FNO2/c1-10(6-13-4-3-5-18-13)16-12-7-11(15)8-14(9-12)17-2/h3-5,7-10,16H,6H2,1-2H3. The fourth-order valence-corrected chi connectivity index (χ4v) is 1.83.